The lowest BCUT2D eigenvalue weighted by atomic mass is 10.0. The minimum Gasteiger partial charge on any atom is -0.474 e. The van der Waals surface area contributed by atoms with Crippen LogP contribution in [-0.2, 0) is 6.18 Å². The molecule has 0 amide bonds. The highest BCUT2D eigenvalue weighted by molar-refractivity contribution is 5.62. The van der Waals surface area contributed by atoms with Gasteiger partial charge in [-0.15, -0.1) is 0 Å². The van der Waals surface area contributed by atoms with Crippen molar-refractivity contribution in [1.82, 2.24) is 9.97 Å². The Morgan fingerprint density at radius 1 is 1.15 bits per heavy atom. The smallest absolute Gasteiger partial charge is 0.423 e. The molecule has 1 heterocycles. The molecule has 0 aliphatic carbocycles. The molecule has 0 aliphatic rings. The molecule has 4 nitrogen and oxygen atoms in total. The fourth-order valence-electron chi connectivity index (χ4n) is 2.47. The third-order valence-electron chi connectivity index (χ3n) is 4.15. The van der Waals surface area contributed by atoms with Crippen molar-refractivity contribution in [1.29, 1.82) is 0 Å². The Morgan fingerprint density at radius 2 is 1.81 bits per heavy atom. The molecule has 142 valence electrons. The van der Waals surface area contributed by atoms with Crippen LogP contribution in [0.1, 0.15) is 51.2 Å². The lowest BCUT2D eigenvalue weighted by Crippen LogP contribution is -2.20. The van der Waals surface area contributed by atoms with Crippen LogP contribution in [0.2, 0.25) is 0 Å². The molecule has 1 atom stereocenters. The number of hydrogen-bond acceptors (Lipinski definition) is 4. The molecular formula is C19H24F3N3O. The second kappa shape index (κ2) is 7.93. The van der Waals surface area contributed by atoms with E-state index in [9.17, 15) is 13.2 Å². The number of benzene rings is 1. The van der Waals surface area contributed by atoms with E-state index < -0.39 is 17.6 Å². The molecule has 0 bridgehead atoms. The minimum absolute atomic E-state index is 0.157. The Kier molecular flexibility index (Phi) is 6.10. The highest BCUT2D eigenvalue weighted by atomic mass is 19.4. The van der Waals surface area contributed by atoms with E-state index in [2.05, 4.69) is 23.8 Å². The van der Waals surface area contributed by atoms with Crippen molar-refractivity contribution < 1.29 is 17.9 Å². The van der Waals surface area contributed by atoms with Crippen LogP contribution in [0, 0.1) is 0 Å². The minimum atomic E-state index is -4.57. The number of aromatic nitrogens is 2. The second-order valence-corrected chi connectivity index (χ2v) is 6.50. The summed E-state index contributed by atoms with van der Waals surface area (Å²) < 4.78 is 45.2. The number of ether oxygens (including phenoxy) is 1. The molecule has 1 aromatic carbocycles. The molecule has 0 spiro atoms. The second-order valence-electron chi connectivity index (χ2n) is 6.50. The van der Waals surface area contributed by atoms with E-state index >= 15 is 0 Å². The van der Waals surface area contributed by atoms with Gasteiger partial charge in [-0.1, -0.05) is 39.0 Å². The molecule has 0 N–H and O–H groups in total. The average molecular weight is 367 g/mol. The first-order chi connectivity index (χ1) is 12.1. The van der Waals surface area contributed by atoms with Gasteiger partial charge in [0.2, 0.25) is 11.8 Å². The molecule has 0 saturated carbocycles. The first kappa shape index (κ1) is 20.0. The largest absolute Gasteiger partial charge is 0.474 e. The Morgan fingerprint density at radius 3 is 2.38 bits per heavy atom. The predicted octanol–water partition coefficient (Wildman–Crippen LogP) is 5.56. The number of anilines is 2. The summed E-state index contributed by atoms with van der Waals surface area (Å²) in [6.07, 6.45) is -3.60. The number of para-hydroxylation sites is 1. The van der Waals surface area contributed by atoms with Crippen LogP contribution in [0.15, 0.2) is 30.5 Å². The number of alkyl halides is 3. The van der Waals surface area contributed by atoms with Crippen LogP contribution in [0.25, 0.3) is 0 Å². The Hall–Kier alpha value is -2.31. The average Bonchev–Trinajstić information content (AvgIpc) is 2.59. The van der Waals surface area contributed by atoms with Gasteiger partial charge in [0.15, 0.2) is 0 Å². The lowest BCUT2D eigenvalue weighted by Gasteiger charge is -2.24. The molecule has 7 heteroatoms. The summed E-state index contributed by atoms with van der Waals surface area (Å²) in [6, 6.07) is 7.68. The summed E-state index contributed by atoms with van der Waals surface area (Å²) in [5, 5.41) is 0. The Labute approximate surface area is 152 Å². The standard InChI is InChI=1S/C19H24F3N3O/c1-6-13(4)26-17-15(19(20,21)22)11-23-18(24-17)25(5)16-10-8-7-9-14(16)12(2)3/h7-13H,6H2,1-5H3. The Balaban J connectivity index is 2.49. The molecule has 2 rings (SSSR count). The van der Waals surface area contributed by atoms with Crippen molar-refractivity contribution >= 4 is 11.6 Å². The van der Waals surface area contributed by atoms with Crippen molar-refractivity contribution in [3.63, 3.8) is 0 Å². The molecule has 0 aliphatic heterocycles. The topological polar surface area (TPSA) is 38.2 Å². The number of nitrogens with zero attached hydrogens (tertiary/aromatic N) is 3. The van der Waals surface area contributed by atoms with Crippen molar-refractivity contribution in [3.05, 3.63) is 41.6 Å². The van der Waals surface area contributed by atoms with Crippen LogP contribution in [-0.4, -0.2) is 23.1 Å². The van der Waals surface area contributed by atoms with E-state index in [0.717, 1.165) is 17.4 Å². The van der Waals surface area contributed by atoms with Crippen molar-refractivity contribution in [2.75, 3.05) is 11.9 Å². The first-order valence-electron chi connectivity index (χ1n) is 8.58. The molecule has 0 saturated heterocycles. The van der Waals surface area contributed by atoms with Crippen LogP contribution in [0.3, 0.4) is 0 Å². The summed E-state index contributed by atoms with van der Waals surface area (Å²) in [5.74, 6) is -0.0333. The zero-order chi connectivity index (χ0) is 19.5. The van der Waals surface area contributed by atoms with E-state index in [1.807, 2.05) is 31.2 Å². The van der Waals surface area contributed by atoms with E-state index in [4.69, 9.17) is 4.74 Å². The highest BCUT2D eigenvalue weighted by Gasteiger charge is 2.37. The third kappa shape index (κ3) is 4.45. The summed E-state index contributed by atoms with van der Waals surface area (Å²) >= 11 is 0. The molecule has 0 radical (unpaired) electrons. The normalized spacial score (nSPS) is 13.0. The van der Waals surface area contributed by atoms with Crippen LogP contribution in [0.4, 0.5) is 24.8 Å². The summed E-state index contributed by atoms with van der Waals surface area (Å²) in [5.41, 5.74) is 0.937. The number of hydrogen-bond donors (Lipinski definition) is 0. The monoisotopic (exact) mass is 367 g/mol. The quantitative estimate of drug-likeness (QED) is 0.670. The van der Waals surface area contributed by atoms with Crippen molar-refractivity contribution in [2.24, 2.45) is 0 Å². The van der Waals surface area contributed by atoms with Crippen LogP contribution < -0.4 is 9.64 Å². The molecule has 26 heavy (non-hydrogen) atoms. The fraction of sp³-hybridized carbons (Fsp3) is 0.474. The van der Waals surface area contributed by atoms with Crippen molar-refractivity contribution in [3.8, 4) is 5.88 Å². The molecular weight excluding hydrogens is 343 g/mol. The molecule has 0 fully saturated rings. The van der Waals surface area contributed by atoms with Gasteiger partial charge in [0.25, 0.3) is 0 Å². The summed E-state index contributed by atoms with van der Waals surface area (Å²) in [4.78, 5) is 9.69. The lowest BCUT2D eigenvalue weighted by molar-refractivity contribution is -0.139. The fourth-order valence-corrected chi connectivity index (χ4v) is 2.47. The predicted molar refractivity (Wildman–Crippen MR) is 96.0 cm³/mol. The van der Waals surface area contributed by atoms with Crippen LogP contribution >= 0.6 is 0 Å². The van der Waals surface area contributed by atoms with E-state index in [-0.39, 0.29) is 18.0 Å². The van der Waals surface area contributed by atoms with Gasteiger partial charge in [0, 0.05) is 18.9 Å². The maximum atomic E-state index is 13.3. The van der Waals surface area contributed by atoms with E-state index in [1.165, 1.54) is 0 Å². The molecule has 1 unspecified atom stereocenters. The summed E-state index contributed by atoms with van der Waals surface area (Å²) in [6.45, 7) is 7.65. The molecule has 1 aromatic heterocycles. The number of halogens is 3. The maximum absolute atomic E-state index is 13.3. The van der Waals surface area contributed by atoms with Gasteiger partial charge in [0.05, 0.1) is 6.10 Å². The van der Waals surface area contributed by atoms with Gasteiger partial charge < -0.3 is 9.64 Å². The van der Waals surface area contributed by atoms with Gasteiger partial charge in [-0.3, -0.25) is 0 Å². The van der Waals surface area contributed by atoms with E-state index in [1.54, 1.807) is 18.9 Å². The maximum Gasteiger partial charge on any atom is 0.423 e. The first-order valence-corrected chi connectivity index (χ1v) is 8.58. The highest BCUT2D eigenvalue weighted by Crippen LogP contribution is 2.37. The Bertz CT molecular complexity index is 747. The van der Waals surface area contributed by atoms with Gasteiger partial charge in [0.1, 0.15) is 5.56 Å². The van der Waals surface area contributed by atoms with Gasteiger partial charge >= 0.3 is 6.18 Å². The van der Waals surface area contributed by atoms with Crippen LogP contribution in [0.5, 0.6) is 5.88 Å². The number of rotatable bonds is 6. The molecule has 2 aromatic rings. The third-order valence-corrected chi connectivity index (χ3v) is 4.15. The van der Waals surface area contributed by atoms with Crippen molar-refractivity contribution in [2.45, 2.75) is 52.3 Å². The van der Waals surface area contributed by atoms with Gasteiger partial charge in [-0.05, 0) is 30.9 Å². The SMILES string of the molecule is CCC(C)Oc1nc(N(C)c2ccccc2C(C)C)ncc1C(F)(F)F. The summed E-state index contributed by atoms with van der Waals surface area (Å²) in [7, 11) is 1.73. The zero-order valence-corrected chi connectivity index (χ0v) is 15.6. The van der Waals surface area contributed by atoms with E-state index in [0.29, 0.717) is 6.42 Å². The van der Waals surface area contributed by atoms with Gasteiger partial charge in [-0.2, -0.15) is 18.2 Å². The zero-order valence-electron chi connectivity index (χ0n) is 15.6. The van der Waals surface area contributed by atoms with Gasteiger partial charge in [-0.25, -0.2) is 4.98 Å².